The lowest BCUT2D eigenvalue weighted by atomic mass is 10.1. The Labute approximate surface area is 197 Å². The molecule has 0 aliphatic rings. The summed E-state index contributed by atoms with van der Waals surface area (Å²) in [5, 5.41) is 5.59. The maximum absolute atomic E-state index is 12.5. The molecule has 0 aromatic heterocycles. The zero-order valence-corrected chi connectivity index (χ0v) is 19.0. The molecule has 8 nitrogen and oxygen atoms in total. The van der Waals surface area contributed by atoms with E-state index in [4.69, 9.17) is 14.2 Å². The first-order valence-electron chi connectivity index (χ1n) is 10.7. The third-order valence-corrected chi connectivity index (χ3v) is 4.53. The Balaban J connectivity index is 1.50. The molecule has 0 saturated heterocycles. The molecule has 0 fully saturated rings. The van der Waals surface area contributed by atoms with Gasteiger partial charge in [-0.15, -0.1) is 0 Å². The molecule has 34 heavy (non-hydrogen) atoms. The lowest BCUT2D eigenvalue weighted by molar-refractivity contribution is -0.131. The van der Waals surface area contributed by atoms with Gasteiger partial charge in [0.2, 0.25) is 0 Å². The molecule has 0 saturated carbocycles. The molecular formula is C26H26N2O6. The average molecular weight is 463 g/mol. The van der Waals surface area contributed by atoms with Crippen LogP contribution >= 0.6 is 0 Å². The minimum atomic E-state index is -0.457. The van der Waals surface area contributed by atoms with Gasteiger partial charge in [0, 0.05) is 24.7 Å². The Hall–Kier alpha value is -4.33. The van der Waals surface area contributed by atoms with Gasteiger partial charge >= 0.3 is 5.97 Å². The van der Waals surface area contributed by atoms with Gasteiger partial charge in [-0.1, -0.05) is 18.2 Å². The van der Waals surface area contributed by atoms with Crippen LogP contribution in [0.25, 0.3) is 0 Å². The number of benzene rings is 3. The molecular weight excluding hydrogens is 436 g/mol. The van der Waals surface area contributed by atoms with Crippen molar-refractivity contribution in [3.05, 3.63) is 83.9 Å². The minimum Gasteiger partial charge on any atom is -0.494 e. The highest BCUT2D eigenvalue weighted by Gasteiger charge is 2.09. The Kier molecular flexibility index (Phi) is 8.62. The van der Waals surface area contributed by atoms with Gasteiger partial charge < -0.3 is 24.8 Å². The number of esters is 1. The molecule has 8 heteroatoms. The summed E-state index contributed by atoms with van der Waals surface area (Å²) >= 11 is 0. The van der Waals surface area contributed by atoms with Gasteiger partial charge in [-0.05, 0) is 67.1 Å². The van der Waals surface area contributed by atoms with Crippen molar-refractivity contribution in [1.29, 1.82) is 0 Å². The van der Waals surface area contributed by atoms with Gasteiger partial charge in [0.1, 0.15) is 17.2 Å². The van der Waals surface area contributed by atoms with Crippen molar-refractivity contribution in [2.45, 2.75) is 20.4 Å². The number of nitrogens with one attached hydrogen (secondary N) is 2. The number of hydrogen-bond donors (Lipinski definition) is 2. The van der Waals surface area contributed by atoms with Gasteiger partial charge in [-0.3, -0.25) is 14.4 Å². The van der Waals surface area contributed by atoms with E-state index in [1.54, 1.807) is 60.7 Å². The molecule has 0 aliphatic carbocycles. The van der Waals surface area contributed by atoms with Crippen LogP contribution in [0.2, 0.25) is 0 Å². The van der Waals surface area contributed by atoms with E-state index in [0.29, 0.717) is 29.4 Å². The normalized spacial score (nSPS) is 10.2. The van der Waals surface area contributed by atoms with Crippen molar-refractivity contribution in [1.82, 2.24) is 5.32 Å². The van der Waals surface area contributed by atoms with E-state index in [1.165, 1.54) is 13.0 Å². The largest absolute Gasteiger partial charge is 0.494 e. The first-order chi connectivity index (χ1) is 16.4. The van der Waals surface area contributed by atoms with Crippen molar-refractivity contribution in [2.24, 2.45) is 0 Å². The van der Waals surface area contributed by atoms with E-state index in [-0.39, 0.29) is 25.0 Å². The summed E-state index contributed by atoms with van der Waals surface area (Å²) in [5.74, 6) is 0.524. The number of carbonyl (C=O) groups is 3. The predicted octanol–water partition coefficient (Wildman–Crippen LogP) is 3.96. The summed E-state index contributed by atoms with van der Waals surface area (Å²) in [6.07, 6.45) is 0. The van der Waals surface area contributed by atoms with E-state index in [2.05, 4.69) is 10.6 Å². The van der Waals surface area contributed by atoms with Crippen LogP contribution in [-0.2, 0) is 16.1 Å². The molecule has 0 aliphatic heterocycles. The molecule has 0 atom stereocenters. The van der Waals surface area contributed by atoms with E-state index in [9.17, 15) is 14.4 Å². The lowest BCUT2D eigenvalue weighted by Gasteiger charge is -2.10. The quantitative estimate of drug-likeness (QED) is 0.349. The van der Waals surface area contributed by atoms with Gasteiger partial charge in [0.15, 0.2) is 6.61 Å². The van der Waals surface area contributed by atoms with E-state index in [1.807, 2.05) is 13.0 Å². The fraction of sp³-hybridized carbons (Fsp3) is 0.192. The zero-order chi connectivity index (χ0) is 24.3. The van der Waals surface area contributed by atoms with Gasteiger partial charge in [0.25, 0.3) is 11.8 Å². The molecule has 0 spiro atoms. The van der Waals surface area contributed by atoms with Gasteiger partial charge in [-0.25, -0.2) is 0 Å². The summed E-state index contributed by atoms with van der Waals surface area (Å²) in [4.78, 5) is 35.8. The van der Waals surface area contributed by atoms with Crippen molar-refractivity contribution >= 4 is 23.5 Å². The Morgan fingerprint density at radius 2 is 1.53 bits per heavy atom. The van der Waals surface area contributed by atoms with Crippen LogP contribution in [-0.4, -0.2) is 31.0 Å². The average Bonchev–Trinajstić information content (AvgIpc) is 2.82. The number of rotatable bonds is 10. The maximum Gasteiger partial charge on any atom is 0.308 e. The highest BCUT2D eigenvalue weighted by atomic mass is 16.5. The topological polar surface area (TPSA) is 103 Å². The molecule has 0 heterocycles. The van der Waals surface area contributed by atoms with Crippen LogP contribution in [0.1, 0.15) is 29.8 Å². The summed E-state index contributed by atoms with van der Waals surface area (Å²) < 4.78 is 15.9. The third-order valence-electron chi connectivity index (χ3n) is 4.53. The second kappa shape index (κ2) is 12.1. The van der Waals surface area contributed by atoms with E-state index in [0.717, 1.165) is 11.3 Å². The summed E-state index contributed by atoms with van der Waals surface area (Å²) in [6, 6.07) is 20.5. The number of amides is 2. The highest BCUT2D eigenvalue weighted by molar-refractivity contribution is 5.95. The van der Waals surface area contributed by atoms with E-state index >= 15 is 0 Å². The van der Waals surface area contributed by atoms with Crippen molar-refractivity contribution in [3.63, 3.8) is 0 Å². The number of carbonyl (C=O) groups excluding carboxylic acids is 3. The van der Waals surface area contributed by atoms with Crippen molar-refractivity contribution in [2.75, 3.05) is 18.5 Å². The lowest BCUT2D eigenvalue weighted by Crippen LogP contribution is -2.23. The number of ether oxygens (including phenoxy) is 3. The van der Waals surface area contributed by atoms with Gasteiger partial charge in [-0.2, -0.15) is 0 Å². The summed E-state index contributed by atoms with van der Waals surface area (Å²) in [7, 11) is 0. The molecule has 3 aromatic carbocycles. The van der Waals surface area contributed by atoms with Crippen LogP contribution in [0.3, 0.4) is 0 Å². The second-order valence-electron chi connectivity index (χ2n) is 7.25. The minimum absolute atomic E-state index is 0.145. The zero-order valence-electron chi connectivity index (χ0n) is 19.0. The molecule has 2 amide bonds. The monoisotopic (exact) mass is 462 g/mol. The molecule has 0 bridgehead atoms. The van der Waals surface area contributed by atoms with Crippen LogP contribution in [0.15, 0.2) is 72.8 Å². The van der Waals surface area contributed by atoms with Crippen LogP contribution in [0.4, 0.5) is 5.69 Å². The second-order valence-corrected chi connectivity index (χ2v) is 7.25. The Morgan fingerprint density at radius 3 is 2.24 bits per heavy atom. The van der Waals surface area contributed by atoms with Crippen LogP contribution in [0.5, 0.6) is 17.2 Å². The number of hydrogen-bond acceptors (Lipinski definition) is 6. The van der Waals surface area contributed by atoms with Crippen molar-refractivity contribution in [3.8, 4) is 17.2 Å². The SMILES string of the molecule is CCOc1ccc(OCC(=O)Nc2cccc(CNC(=O)c3cccc(OC(C)=O)c3)c2)cc1. The maximum atomic E-state index is 12.5. The van der Waals surface area contributed by atoms with Gasteiger partial charge in [0.05, 0.1) is 6.61 Å². The fourth-order valence-corrected chi connectivity index (χ4v) is 3.05. The third kappa shape index (κ3) is 7.67. The molecule has 2 N–H and O–H groups in total. The highest BCUT2D eigenvalue weighted by Crippen LogP contribution is 2.18. The molecule has 3 rings (SSSR count). The Morgan fingerprint density at radius 1 is 0.824 bits per heavy atom. The molecule has 176 valence electrons. The first-order valence-corrected chi connectivity index (χ1v) is 10.7. The molecule has 0 radical (unpaired) electrons. The van der Waals surface area contributed by atoms with Crippen molar-refractivity contribution < 1.29 is 28.6 Å². The predicted molar refractivity (Wildman–Crippen MR) is 127 cm³/mol. The summed E-state index contributed by atoms with van der Waals surface area (Å²) in [5.41, 5.74) is 1.76. The summed E-state index contributed by atoms with van der Waals surface area (Å²) in [6.45, 7) is 3.89. The first kappa shape index (κ1) is 24.3. The smallest absolute Gasteiger partial charge is 0.308 e. The number of anilines is 1. The molecule has 3 aromatic rings. The Bertz CT molecular complexity index is 1140. The van der Waals surface area contributed by atoms with Crippen LogP contribution in [0, 0.1) is 0 Å². The standard InChI is InChI=1S/C26H26N2O6/c1-3-32-22-10-12-23(13-11-22)33-17-25(30)28-21-8-4-6-19(14-21)16-27-26(31)20-7-5-9-24(15-20)34-18(2)29/h4-15H,3,16-17H2,1-2H3,(H,27,31)(H,28,30). The van der Waals surface area contributed by atoms with E-state index < -0.39 is 5.97 Å². The fourth-order valence-electron chi connectivity index (χ4n) is 3.05. The molecule has 0 unspecified atom stereocenters. The van der Waals surface area contributed by atoms with Crippen LogP contribution < -0.4 is 24.8 Å².